The van der Waals surface area contributed by atoms with Gasteiger partial charge in [0.15, 0.2) is 0 Å². The third-order valence-electron chi connectivity index (χ3n) is 3.94. The lowest BCUT2D eigenvalue weighted by Gasteiger charge is -2.08. The predicted molar refractivity (Wildman–Crippen MR) is 92.7 cm³/mol. The maximum absolute atomic E-state index is 4.58. The Bertz CT molecular complexity index is 761. The molecule has 3 aromatic rings. The van der Waals surface area contributed by atoms with Gasteiger partial charge in [0.2, 0.25) is 0 Å². The maximum atomic E-state index is 4.58. The van der Waals surface area contributed by atoms with Gasteiger partial charge in [0.25, 0.3) is 0 Å². The summed E-state index contributed by atoms with van der Waals surface area (Å²) in [7, 11) is 0. The Morgan fingerprint density at radius 1 is 0.955 bits per heavy atom. The van der Waals surface area contributed by atoms with Crippen molar-refractivity contribution in [2.75, 3.05) is 11.6 Å². The Balaban J connectivity index is 1.74. The Hall–Kier alpha value is -2.04. The van der Waals surface area contributed by atoms with Crippen LogP contribution in [-0.2, 0) is 0 Å². The molecule has 4 rings (SSSR count). The van der Waals surface area contributed by atoms with Crippen LogP contribution in [0.1, 0.15) is 11.9 Å². The summed E-state index contributed by atoms with van der Waals surface area (Å²) in [5.74, 6) is 3.11. The zero-order chi connectivity index (χ0) is 14.8. The second kappa shape index (κ2) is 5.99. The van der Waals surface area contributed by atoms with Gasteiger partial charge in [-0.25, -0.2) is 4.98 Å². The molecule has 2 N–H and O–H groups in total. The third-order valence-corrected chi connectivity index (χ3v) is 4.88. The molecule has 1 fully saturated rings. The van der Waals surface area contributed by atoms with Crippen molar-refractivity contribution in [3.63, 3.8) is 0 Å². The van der Waals surface area contributed by atoms with E-state index in [0.29, 0.717) is 6.04 Å². The highest BCUT2D eigenvalue weighted by Gasteiger charge is 2.20. The normalized spacial score (nSPS) is 17.7. The van der Waals surface area contributed by atoms with Crippen LogP contribution in [0.15, 0.2) is 60.8 Å². The first kappa shape index (κ1) is 13.6. The minimum Gasteiger partial charge on any atom is -0.341 e. The number of H-pyrrole nitrogens is 1. The van der Waals surface area contributed by atoms with E-state index in [1.165, 1.54) is 16.7 Å². The minimum absolute atomic E-state index is 0.336. The fourth-order valence-corrected chi connectivity index (χ4v) is 3.76. The van der Waals surface area contributed by atoms with Crippen LogP contribution in [0.3, 0.4) is 0 Å². The van der Waals surface area contributed by atoms with Gasteiger partial charge in [0.05, 0.1) is 17.9 Å². The highest BCUT2D eigenvalue weighted by Crippen LogP contribution is 2.32. The van der Waals surface area contributed by atoms with E-state index < -0.39 is 0 Å². The third kappa shape index (κ3) is 2.56. The summed E-state index contributed by atoms with van der Waals surface area (Å²) in [6.07, 6.45) is 1.95. The molecule has 110 valence electrons. The van der Waals surface area contributed by atoms with Crippen molar-refractivity contribution in [2.24, 2.45) is 0 Å². The number of aromatic amines is 1. The zero-order valence-corrected chi connectivity index (χ0v) is 12.9. The highest BCUT2D eigenvalue weighted by molar-refractivity contribution is 7.99. The van der Waals surface area contributed by atoms with Gasteiger partial charge in [-0.05, 0) is 11.1 Å². The Kier molecular flexibility index (Phi) is 3.70. The van der Waals surface area contributed by atoms with Gasteiger partial charge < -0.3 is 4.98 Å². The van der Waals surface area contributed by atoms with Crippen LogP contribution in [-0.4, -0.2) is 21.6 Å². The molecule has 1 unspecified atom stereocenters. The summed E-state index contributed by atoms with van der Waals surface area (Å²) >= 11 is 1.91. The standard InChI is InChI=1S/C18H17N3S/c1-2-6-13(7-3-1)14-8-4-5-9-15(14)16-10-19-18(21-16)17-11-22-12-20-17/h1-10,17,20H,11-12H2,(H,19,21). The molecule has 0 radical (unpaired) electrons. The van der Waals surface area contributed by atoms with E-state index in [9.17, 15) is 0 Å². The van der Waals surface area contributed by atoms with E-state index in [1.54, 1.807) is 0 Å². The molecule has 2 heterocycles. The average molecular weight is 307 g/mol. The van der Waals surface area contributed by atoms with E-state index in [2.05, 4.69) is 63.8 Å². The minimum atomic E-state index is 0.336. The van der Waals surface area contributed by atoms with Gasteiger partial charge in [-0.2, -0.15) is 0 Å². The fourth-order valence-electron chi connectivity index (χ4n) is 2.81. The molecule has 1 aromatic heterocycles. The van der Waals surface area contributed by atoms with Crippen LogP contribution < -0.4 is 5.32 Å². The largest absolute Gasteiger partial charge is 0.341 e. The summed E-state index contributed by atoms with van der Waals surface area (Å²) in [6.45, 7) is 0. The number of rotatable bonds is 3. The second-order valence-electron chi connectivity index (χ2n) is 5.37. The molecule has 2 aromatic carbocycles. The number of hydrogen-bond acceptors (Lipinski definition) is 3. The Morgan fingerprint density at radius 3 is 2.50 bits per heavy atom. The maximum Gasteiger partial charge on any atom is 0.124 e. The molecule has 0 bridgehead atoms. The first-order chi connectivity index (χ1) is 10.9. The van der Waals surface area contributed by atoms with Crippen LogP contribution in [0.5, 0.6) is 0 Å². The number of benzene rings is 2. The molecule has 0 amide bonds. The van der Waals surface area contributed by atoms with Crippen molar-refractivity contribution < 1.29 is 0 Å². The van der Waals surface area contributed by atoms with E-state index in [1.807, 2.05) is 24.0 Å². The van der Waals surface area contributed by atoms with E-state index in [4.69, 9.17) is 0 Å². The molecule has 4 heteroatoms. The zero-order valence-electron chi connectivity index (χ0n) is 12.1. The van der Waals surface area contributed by atoms with Gasteiger partial charge in [0, 0.05) is 17.2 Å². The molecule has 1 saturated heterocycles. The van der Waals surface area contributed by atoms with Crippen molar-refractivity contribution >= 4 is 11.8 Å². The Morgan fingerprint density at radius 2 is 1.73 bits per heavy atom. The number of nitrogens with zero attached hydrogens (tertiary/aromatic N) is 1. The van der Waals surface area contributed by atoms with Gasteiger partial charge >= 0.3 is 0 Å². The summed E-state index contributed by atoms with van der Waals surface area (Å²) in [4.78, 5) is 8.07. The Labute approximate surface area is 134 Å². The topological polar surface area (TPSA) is 40.7 Å². The van der Waals surface area contributed by atoms with Crippen molar-refractivity contribution in [2.45, 2.75) is 6.04 Å². The van der Waals surface area contributed by atoms with Crippen LogP contribution in [0.2, 0.25) is 0 Å². The summed E-state index contributed by atoms with van der Waals surface area (Å²) < 4.78 is 0. The molecule has 22 heavy (non-hydrogen) atoms. The molecule has 1 aliphatic heterocycles. The molecule has 0 spiro atoms. The van der Waals surface area contributed by atoms with Crippen LogP contribution in [0.4, 0.5) is 0 Å². The van der Waals surface area contributed by atoms with Gasteiger partial charge in [-0.15, -0.1) is 11.8 Å². The number of hydrogen-bond donors (Lipinski definition) is 2. The van der Waals surface area contributed by atoms with E-state index >= 15 is 0 Å². The van der Waals surface area contributed by atoms with Gasteiger partial charge in [-0.1, -0.05) is 54.6 Å². The molecule has 0 aliphatic carbocycles. The first-order valence-corrected chi connectivity index (χ1v) is 8.58. The molecule has 3 nitrogen and oxygen atoms in total. The monoisotopic (exact) mass is 307 g/mol. The second-order valence-corrected chi connectivity index (χ2v) is 6.40. The molecule has 0 saturated carbocycles. The number of thioether (sulfide) groups is 1. The molecular formula is C18H17N3S. The number of nitrogens with one attached hydrogen (secondary N) is 2. The fraction of sp³-hybridized carbons (Fsp3) is 0.167. The SMILES string of the molecule is c1ccc(-c2ccccc2-c2cnc(C3CSCN3)[nH]2)cc1. The van der Waals surface area contributed by atoms with Crippen molar-refractivity contribution in [1.29, 1.82) is 0 Å². The first-order valence-electron chi connectivity index (χ1n) is 7.43. The number of aromatic nitrogens is 2. The van der Waals surface area contributed by atoms with Gasteiger partial charge in [0.1, 0.15) is 5.82 Å². The summed E-state index contributed by atoms with van der Waals surface area (Å²) in [5, 5.41) is 3.45. The van der Waals surface area contributed by atoms with E-state index in [0.717, 1.165) is 23.1 Å². The summed E-state index contributed by atoms with van der Waals surface area (Å²) in [5.41, 5.74) is 4.72. The molecular weight excluding hydrogens is 290 g/mol. The van der Waals surface area contributed by atoms with Crippen molar-refractivity contribution in [1.82, 2.24) is 15.3 Å². The average Bonchev–Trinajstić information content (AvgIpc) is 3.27. The van der Waals surface area contributed by atoms with Crippen LogP contribution >= 0.6 is 11.8 Å². The lowest BCUT2D eigenvalue weighted by atomic mass is 9.98. The van der Waals surface area contributed by atoms with Crippen LogP contribution in [0, 0.1) is 0 Å². The van der Waals surface area contributed by atoms with Crippen LogP contribution in [0.25, 0.3) is 22.4 Å². The van der Waals surface area contributed by atoms with Crippen molar-refractivity contribution in [3.8, 4) is 22.4 Å². The molecule has 1 atom stereocenters. The lowest BCUT2D eigenvalue weighted by Crippen LogP contribution is -2.15. The number of imidazole rings is 1. The predicted octanol–water partition coefficient (Wildman–Crippen LogP) is 4.08. The smallest absolute Gasteiger partial charge is 0.124 e. The summed E-state index contributed by atoms with van der Waals surface area (Å²) in [6, 6.07) is 19.3. The highest BCUT2D eigenvalue weighted by atomic mass is 32.2. The van der Waals surface area contributed by atoms with E-state index in [-0.39, 0.29) is 0 Å². The van der Waals surface area contributed by atoms with Gasteiger partial charge in [-0.3, -0.25) is 5.32 Å². The molecule has 1 aliphatic rings. The lowest BCUT2D eigenvalue weighted by molar-refractivity contribution is 0.641. The van der Waals surface area contributed by atoms with Crippen molar-refractivity contribution in [3.05, 3.63) is 66.6 Å². The quantitative estimate of drug-likeness (QED) is 0.766.